The number of carbonyl (C=O) groups excluding carboxylic acids is 2. The minimum absolute atomic E-state index is 0.133. The van der Waals surface area contributed by atoms with Gasteiger partial charge in [0.05, 0.1) is 4.47 Å². The van der Waals surface area contributed by atoms with E-state index >= 15 is 0 Å². The number of carbonyl (C=O) groups is 2. The average molecular weight is 416 g/mol. The van der Waals surface area contributed by atoms with E-state index in [9.17, 15) is 14.0 Å². The van der Waals surface area contributed by atoms with Crippen LogP contribution in [0.15, 0.2) is 22.7 Å². The number of hydrogen-bond acceptors (Lipinski definition) is 4. The van der Waals surface area contributed by atoms with Gasteiger partial charge >= 0.3 is 5.97 Å². The third kappa shape index (κ3) is 5.99. The van der Waals surface area contributed by atoms with E-state index < -0.39 is 17.9 Å². The first-order chi connectivity index (χ1) is 11.9. The molecule has 7 heteroatoms. The molecule has 138 valence electrons. The highest BCUT2D eigenvalue weighted by Gasteiger charge is 2.26. The molecule has 0 heterocycles. The van der Waals surface area contributed by atoms with Crippen LogP contribution in [0.1, 0.15) is 39.5 Å². The molecule has 1 aliphatic rings. The summed E-state index contributed by atoms with van der Waals surface area (Å²) in [6, 6.07) is 4.01. The summed E-state index contributed by atoms with van der Waals surface area (Å²) in [6.45, 7) is 3.30. The summed E-state index contributed by atoms with van der Waals surface area (Å²) in [5, 5.41) is 2.96. The molecule has 1 fully saturated rings. The Bertz CT molecular complexity index is 625. The highest BCUT2D eigenvalue weighted by molar-refractivity contribution is 9.10. The summed E-state index contributed by atoms with van der Waals surface area (Å²) >= 11 is 3.15. The molecule has 1 aliphatic carbocycles. The van der Waals surface area contributed by atoms with E-state index in [1.807, 2.05) is 0 Å². The molecule has 0 spiro atoms. The molecule has 0 radical (unpaired) electrons. The van der Waals surface area contributed by atoms with Crippen molar-refractivity contribution >= 4 is 27.8 Å². The molecular weight excluding hydrogens is 393 g/mol. The van der Waals surface area contributed by atoms with Crippen LogP contribution in [0, 0.1) is 11.7 Å². The minimum atomic E-state index is -0.887. The number of nitrogens with one attached hydrogen (secondary N) is 1. The van der Waals surface area contributed by atoms with Crippen molar-refractivity contribution in [3.8, 4) is 5.75 Å². The zero-order chi connectivity index (χ0) is 18.4. The maximum absolute atomic E-state index is 13.0. The molecule has 0 aliphatic heterocycles. The van der Waals surface area contributed by atoms with Gasteiger partial charge in [0.15, 0.2) is 12.7 Å². The van der Waals surface area contributed by atoms with Gasteiger partial charge in [0.25, 0.3) is 5.91 Å². The smallest absolute Gasteiger partial charge is 0.344 e. The number of ether oxygens (including phenoxy) is 2. The zero-order valence-electron chi connectivity index (χ0n) is 14.4. The summed E-state index contributed by atoms with van der Waals surface area (Å²) in [4.78, 5) is 24.0. The lowest BCUT2D eigenvalue weighted by Gasteiger charge is -2.30. The lowest BCUT2D eigenvalue weighted by Crippen LogP contribution is -2.46. The van der Waals surface area contributed by atoms with Crippen molar-refractivity contribution in [3.05, 3.63) is 28.5 Å². The molecule has 3 atom stereocenters. The van der Waals surface area contributed by atoms with E-state index in [-0.39, 0.29) is 18.6 Å². The van der Waals surface area contributed by atoms with Crippen LogP contribution in [0.5, 0.6) is 5.75 Å². The van der Waals surface area contributed by atoms with E-state index in [1.54, 1.807) is 0 Å². The van der Waals surface area contributed by atoms with Gasteiger partial charge in [-0.25, -0.2) is 9.18 Å². The Morgan fingerprint density at radius 3 is 2.76 bits per heavy atom. The first-order valence-corrected chi connectivity index (χ1v) is 9.24. The van der Waals surface area contributed by atoms with Crippen molar-refractivity contribution in [2.24, 2.45) is 5.92 Å². The largest absolute Gasteiger partial charge is 0.481 e. The predicted octanol–water partition coefficient (Wildman–Crippen LogP) is 3.59. The fourth-order valence-electron chi connectivity index (χ4n) is 2.84. The summed E-state index contributed by atoms with van der Waals surface area (Å²) in [6.07, 6.45) is 3.45. The Hall–Kier alpha value is -1.63. The Labute approximate surface area is 155 Å². The van der Waals surface area contributed by atoms with Gasteiger partial charge in [-0.3, -0.25) is 4.79 Å². The van der Waals surface area contributed by atoms with Crippen molar-refractivity contribution < 1.29 is 23.5 Å². The molecular formula is C18H23BrFNO4. The second kappa shape index (κ2) is 9.17. The second-order valence-electron chi connectivity index (χ2n) is 6.37. The number of benzene rings is 1. The van der Waals surface area contributed by atoms with Gasteiger partial charge in [-0.2, -0.15) is 0 Å². The highest BCUT2D eigenvalue weighted by atomic mass is 79.9. The number of rotatable bonds is 6. The molecule has 0 bridgehead atoms. The molecule has 1 amide bonds. The summed E-state index contributed by atoms with van der Waals surface area (Å²) in [5.41, 5.74) is 0. The molecule has 25 heavy (non-hydrogen) atoms. The van der Waals surface area contributed by atoms with Crippen LogP contribution in [0.2, 0.25) is 0 Å². The molecule has 1 aromatic carbocycles. The van der Waals surface area contributed by atoms with Gasteiger partial charge in [0.1, 0.15) is 11.6 Å². The van der Waals surface area contributed by atoms with Gasteiger partial charge in [0, 0.05) is 6.04 Å². The molecule has 0 unspecified atom stereocenters. The van der Waals surface area contributed by atoms with E-state index in [0.29, 0.717) is 16.1 Å². The lowest BCUT2D eigenvalue weighted by molar-refractivity contribution is -0.157. The highest BCUT2D eigenvalue weighted by Crippen LogP contribution is 2.25. The Morgan fingerprint density at radius 1 is 1.36 bits per heavy atom. The Kier molecular flexibility index (Phi) is 7.23. The number of hydrogen-bond donors (Lipinski definition) is 1. The predicted molar refractivity (Wildman–Crippen MR) is 94.7 cm³/mol. The van der Waals surface area contributed by atoms with Crippen molar-refractivity contribution in [2.45, 2.75) is 51.7 Å². The van der Waals surface area contributed by atoms with E-state index in [1.165, 1.54) is 31.5 Å². The van der Waals surface area contributed by atoms with E-state index in [2.05, 4.69) is 28.2 Å². The molecule has 0 saturated heterocycles. The van der Waals surface area contributed by atoms with Crippen LogP contribution in [0.25, 0.3) is 0 Å². The maximum Gasteiger partial charge on any atom is 0.344 e. The number of halogens is 2. The SMILES string of the molecule is C[C@@H](OC(=O)COc1ccc(F)cc1Br)C(=O)N[C@H]1CCCC[C@@H]1C. The van der Waals surface area contributed by atoms with Crippen LogP contribution in [-0.4, -0.2) is 30.6 Å². The standard InChI is InChI=1S/C18H23BrFNO4/c1-11-5-3-4-6-15(11)21-18(23)12(2)25-17(22)10-24-16-8-7-13(20)9-14(16)19/h7-9,11-12,15H,3-6,10H2,1-2H3,(H,21,23)/t11-,12+,15-/m0/s1. The van der Waals surface area contributed by atoms with Crippen molar-refractivity contribution in [1.29, 1.82) is 0 Å². The summed E-state index contributed by atoms with van der Waals surface area (Å²) in [5.74, 6) is -0.610. The van der Waals surface area contributed by atoms with Crippen LogP contribution < -0.4 is 10.1 Å². The molecule has 0 aromatic heterocycles. The van der Waals surface area contributed by atoms with Gasteiger partial charge < -0.3 is 14.8 Å². The quantitative estimate of drug-likeness (QED) is 0.720. The van der Waals surface area contributed by atoms with Crippen molar-refractivity contribution in [1.82, 2.24) is 5.32 Å². The Balaban J connectivity index is 1.77. The normalized spacial score (nSPS) is 21.3. The molecule has 5 nitrogen and oxygen atoms in total. The minimum Gasteiger partial charge on any atom is -0.481 e. The zero-order valence-corrected chi connectivity index (χ0v) is 16.0. The van der Waals surface area contributed by atoms with Gasteiger partial charge in [-0.1, -0.05) is 19.8 Å². The molecule has 1 N–H and O–H groups in total. The molecule has 1 saturated carbocycles. The number of amides is 1. The monoisotopic (exact) mass is 415 g/mol. The fourth-order valence-corrected chi connectivity index (χ4v) is 3.31. The first kappa shape index (κ1) is 19.7. The van der Waals surface area contributed by atoms with Gasteiger partial charge in [-0.15, -0.1) is 0 Å². The van der Waals surface area contributed by atoms with Crippen LogP contribution in [0.3, 0.4) is 0 Å². The van der Waals surface area contributed by atoms with Crippen molar-refractivity contribution in [2.75, 3.05) is 6.61 Å². The average Bonchev–Trinajstić information content (AvgIpc) is 2.56. The Morgan fingerprint density at radius 2 is 2.08 bits per heavy atom. The van der Waals surface area contributed by atoms with Gasteiger partial charge in [-0.05, 0) is 59.8 Å². The molecule has 2 rings (SSSR count). The maximum atomic E-state index is 13.0. The third-order valence-electron chi connectivity index (χ3n) is 4.36. The third-order valence-corrected chi connectivity index (χ3v) is 4.98. The van der Waals surface area contributed by atoms with Gasteiger partial charge in [0.2, 0.25) is 0 Å². The fraction of sp³-hybridized carbons (Fsp3) is 0.556. The number of esters is 1. The summed E-state index contributed by atoms with van der Waals surface area (Å²) in [7, 11) is 0. The molecule has 1 aromatic rings. The summed E-state index contributed by atoms with van der Waals surface area (Å²) < 4.78 is 23.8. The van der Waals surface area contributed by atoms with Crippen LogP contribution in [0.4, 0.5) is 4.39 Å². The van der Waals surface area contributed by atoms with Crippen LogP contribution in [-0.2, 0) is 14.3 Å². The van der Waals surface area contributed by atoms with Crippen LogP contribution >= 0.6 is 15.9 Å². The topological polar surface area (TPSA) is 64.6 Å². The van der Waals surface area contributed by atoms with E-state index in [4.69, 9.17) is 9.47 Å². The second-order valence-corrected chi connectivity index (χ2v) is 7.23. The lowest BCUT2D eigenvalue weighted by atomic mass is 9.86. The van der Waals surface area contributed by atoms with Crippen molar-refractivity contribution in [3.63, 3.8) is 0 Å². The van der Waals surface area contributed by atoms with E-state index in [0.717, 1.165) is 19.3 Å². The first-order valence-electron chi connectivity index (χ1n) is 8.44.